The highest BCUT2D eigenvalue weighted by Crippen LogP contribution is 2.24. The van der Waals surface area contributed by atoms with E-state index in [1.165, 1.54) is 4.90 Å². The van der Waals surface area contributed by atoms with Crippen molar-refractivity contribution in [2.45, 2.75) is 20.4 Å². The van der Waals surface area contributed by atoms with Crippen LogP contribution in [0.2, 0.25) is 0 Å². The van der Waals surface area contributed by atoms with E-state index in [1.807, 2.05) is 44.3 Å². The molecule has 1 fully saturated rings. The van der Waals surface area contributed by atoms with Crippen molar-refractivity contribution < 1.29 is 9.53 Å². The van der Waals surface area contributed by atoms with Crippen LogP contribution in [0.4, 0.5) is 5.69 Å². The summed E-state index contributed by atoms with van der Waals surface area (Å²) >= 11 is 5.31. The molecule has 1 N–H and O–H groups in total. The van der Waals surface area contributed by atoms with Crippen LogP contribution in [-0.4, -0.2) is 27.4 Å². The largest absolute Gasteiger partial charge is 0.494 e. The van der Waals surface area contributed by atoms with Gasteiger partial charge in [0, 0.05) is 18.3 Å². The second-order valence-corrected chi connectivity index (χ2v) is 5.57. The number of aromatic nitrogens is 2. The number of carbonyl (C=O) groups excluding carboxylic acids is 1. The topological polar surface area (TPSA) is 59.4 Å². The SMILES string of the molecule is CCOc1ccc(N2C(=O)/C(=C\c3cnn(CC)c3)NC2=S)cc1. The molecule has 1 saturated heterocycles. The molecule has 2 heterocycles. The molecule has 1 amide bonds. The Morgan fingerprint density at radius 2 is 2.04 bits per heavy atom. The zero-order valence-electron chi connectivity index (χ0n) is 13.5. The minimum absolute atomic E-state index is 0.187. The van der Waals surface area contributed by atoms with Gasteiger partial charge in [-0.3, -0.25) is 14.4 Å². The van der Waals surface area contributed by atoms with Crippen molar-refractivity contribution in [1.82, 2.24) is 15.1 Å². The summed E-state index contributed by atoms with van der Waals surface area (Å²) in [6.45, 7) is 5.31. The Bertz CT molecular complexity index is 795. The molecular weight excluding hydrogens is 324 g/mol. The smallest absolute Gasteiger partial charge is 0.281 e. The third kappa shape index (κ3) is 3.16. The first-order valence-corrected chi connectivity index (χ1v) is 8.15. The maximum Gasteiger partial charge on any atom is 0.281 e. The van der Waals surface area contributed by atoms with Crippen LogP contribution in [0.15, 0.2) is 42.4 Å². The van der Waals surface area contributed by atoms with Gasteiger partial charge in [0.25, 0.3) is 5.91 Å². The first kappa shape index (κ1) is 16.2. The predicted octanol–water partition coefficient (Wildman–Crippen LogP) is 2.56. The Morgan fingerprint density at radius 1 is 1.29 bits per heavy atom. The van der Waals surface area contributed by atoms with Crippen molar-refractivity contribution in [2.75, 3.05) is 11.5 Å². The molecule has 0 radical (unpaired) electrons. The van der Waals surface area contributed by atoms with E-state index in [2.05, 4.69) is 10.4 Å². The standard InChI is InChI=1S/C17H18N4O2S/c1-3-20-11-12(10-18-20)9-15-16(22)21(17(24)19-15)13-5-7-14(8-6-13)23-4-2/h5-11H,3-4H2,1-2H3,(H,19,24)/b15-9+. The molecule has 0 bridgehead atoms. The molecule has 24 heavy (non-hydrogen) atoms. The number of amides is 1. The lowest BCUT2D eigenvalue weighted by Crippen LogP contribution is -2.30. The number of anilines is 1. The highest BCUT2D eigenvalue weighted by atomic mass is 32.1. The number of hydrogen-bond acceptors (Lipinski definition) is 4. The van der Waals surface area contributed by atoms with Crippen molar-refractivity contribution in [1.29, 1.82) is 0 Å². The van der Waals surface area contributed by atoms with Gasteiger partial charge in [-0.2, -0.15) is 5.10 Å². The summed E-state index contributed by atoms with van der Waals surface area (Å²) in [5.41, 5.74) is 1.99. The molecule has 0 unspecified atom stereocenters. The normalized spacial score (nSPS) is 15.9. The lowest BCUT2D eigenvalue weighted by atomic mass is 10.2. The Balaban J connectivity index is 1.83. The van der Waals surface area contributed by atoms with Crippen LogP contribution in [0, 0.1) is 0 Å². The first-order chi connectivity index (χ1) is 11.6. The summed E-state index contributed by atoms with van der Waals surface area (Å²) in [5, 5.41) is 7.53. The van der Waals surface area contributed by atoms with Crippen molar-refractivity contribution in [3.63, 3.8) is 0 Å². The number of nitrogens with one attached hydrogen (secondary N) is 1. The highest BCUT2D eigenvalue weighted by Gasteiger charge is 2.32. The third-order valence-corrected chi connectivity index (χ3v) is 3.86. The number of ether oxygens (including phenoxy) is 1. The van der Waals surface area contributed by atoms with E-state index in [0.717, 1.165) is 17.9 Å². The first-order valence-electron chi connectivity index (χ1n) is 7.74. The second kappa shape index (κ2) is 6.84. The average molecular weight is 342 g/mol. The Labute approximate surface area is 145 Å². The van der Waals surface area contributed by atoms with Crippen LogP contribution in [-0.2, 0) is 11.3 Å². The predicted molar refractivity (Wildman–Crippen MR) is 96.7 cm³/mol. The van der Waals surface area contributed by atoms with Gasteiger partial charge >= 0.3 is 0 Å². The summed E-state index contributed by atoms with van der Waals surface area (Å²) in [7, 11) is 0. The number of nitrogens with zero attached hydrogens (tertiary/aromatic N) is 3. The van der Waals surface area contributed by atoms with Crippen molar-refractivity contribution in [3.8, 4) is 5.75 Å². The Hall–Kier alpha value is -2.67. The van der Waals surface area contributed by atoms with Gasteiger partial charge in [0.2, 0.25) is 0 Å². The molecule has 1 aromatic carbocycles. The van der Waals surface area contributed by atoms with Gasteiger partial charge in [0.05, 0.1) is 18.5 Å². The molecule has 0 saturated carbocycles. The second-order valence-electron chi connectivity index (χ2n) is 5.19. The van der Waals surface area contributed by atoms with E-state index < -0.39 is 0 Å². The van der Waals surface area contributed by atoms with Gasteiger partial charge in [0.1, 0.15) is 11.4 Å². The lowest BCUT2D eigenvalue weighted by Gasteiger charge is -2.14. The fraction of sp³-hybridized carbons (Fsp3) is 0.235. The number of hydrogen-bond donors (Lipinski definition) is 1. The van der Waals surface area contributed by atoms with Gasteiger partial charge in [0.15, 0.2) is 5.11 Å². The van der Waals surface area contributed by atoms with E-state index in [1.54, 1.807) is 17.0 Å². The number of aryl methyl sites for hydroxylation is 1. The maximum absolute atomic E-state index is 12.7. The average Bonchev–Trinajstić information content (AvgIpc) is 3.14. The molecule has 0 atom stereocenters. The zero-order valence-corrected chi connectivity index (χ0v) is 14.3. The fourth-order valence-electron chi connectivity index (χ4n) is 2.42. The number of rotatable bonds is 5. The van der Waals surface area contributed by atoms with Gasteiger partial charge in [-0.25, -0.2) is 0 Å². The minimum atomic E-state index is -0.187. The Morgan fingerprint density at radius 3 is 2.67 bits per heavy atom. The van der Waals surface area contributed by atoms with E-state index in [-0.39, 0.29) is 5.91 Å². The zero-order chi connectivity index (χ0) is 17.1. The summed E-state index contributed by atoms with van der Waals surface area (Å²) in [6, 6.07) is 7.27. The van der Waals surface area contributed by atoms with E-state index in [9.17, 15) is 4.79 Å². The van der Waals surface area contributed by atoms with Crippen LogP contribution in [0.3, 0.4) is 0 Å². The lowest BCUT2D eigenvalue weighted by molar-refractivity contribution is -0.113. The van der Waals surface area contributed by atoms with Gasteiger partial charge in [-0.15, -0.1) is 0 Å². The van der Waals surface area contributed by atoms with Crippen LogP contribution < -0.4 is 15.0 Å². The molecule has 124 valence electrons. The monoisotopic (exact) mass is 342 g/mol. The van der Waals surface area contributed by atoms with E-state index in [0.29, 0.717) is 23.1 Å². The molecule has 1 aliphatic heterocycles. The highest BCUT2D eigenvalue weighted by molar-refractivity contribution is 7.80. The molecule has 1 aromatic heterocycles. The van der Waals surface area contributed by atoms with Crippen molar-refractivity contribution in [2.24, 2.45) is 0 Å². The van der Waals surface area contributed by atoms with Crippen LogP contribution in [0.5, 0.6) is 5.75 Å². The third-order valence-electron chi connectivity index (χ3n) is 3.57. The molecular formula is C17H18N4O2S. The van der Waals surface area contributed by atoms with Gasteiger partial charge in [-0.1, -0.05) is 0 Å². The van der Waals surface area contributed by atoms with E-state index in [4.69, 9.17) is 17.0 Å². The molecule has 3 rings (SSSR count). The molecule has 0 aliphatic carbocycles. The molecule has 6 nitrogen and oxygen atoms in total. The fourth-order valence-corrected chi connectivity index (χ4v) is 2.72. The molecule has 0 spiro atoms. The van der Waals surface area contributed by atoms with Crippen LogP contribution in [0.1, 0.15) is 19.4 Å². The number of thiocarbonyl (C=S) groups is 1. The molecule has 1 aliphatic rings. The summed E-state index contributed by atoms with van der Waals surface area (Å²) in [4.78, 5) is 14.1. The summed E-state index contributed by atoms with van der Waals surface area (Å²) < 4.78 is 7.22. The number of carbonyl (C=O) groups is 1. The van der Waals surface area contributed by atoms with E-state index >= 15 is 0 Å². The molecule has 7 heteroatoms. The van der Waals surface area contributed by atoms with Crippen LogP contribution in [0.25, 0.3) is 6.08 Å². The maximum atomic E-state index is 12.7. The van der Waals surface area contributed by atoms with Crippen LogP contribution >= 0.6 is 12.2 Å². The molecule has 2 aromatic rings. The van der Waals surface area contributed by atoms with Crippen molar-refractivity contribution in [3.05, 3.63) is 47.9 Å². The minimum Gasteiger partial charge on any atom is -0.494 e. The summed E-state index contributed by atoms with van der Waals surface area (Å²) in [6.07, 6.45) is 5.35. The van der Waals surface area contributed by atoms with Crippen molar-refractivity contribution >= 4 is 35.0 Å². The summed E-state index contributed by atoms with van der Waals surface area (Å²) in [5.74, 6) is 0.572. The number of benzene rings is 1. The van der Waals surface area contributed by atoms with Gasteiger partial charge < -0.3 is 10.1 Å². The quantitative estimate of drug-likeness (QED) is 0.668. The Kier molecular flexibility index (Phi) is 4.61. The van der Waals surface area contributed by atoms with Gasteiger partial charge in [-0.05, 0) is 56.4 Å².